The van der Waals surface area contributed by atoms with Crippen molar-refractivity contribution in [3.8, 4) is 0 Å². The molecule has 0 saturated heterocycles. The van der Waals surface area contributed by atoms with Gasteiger partial charge in [-0.15, -0.1) is 0 Å². The van der Waals surface area contributed by atoms with Crippen LogP contribution in [0.4, 0.5) is 9.59 Å². The lowest BCUT2D eigenvalue weighted by atomic mass is 10.2. The van der Waals surface area contributed by atoms with Gasteiger partial charge in [0.2, 0.25) is 0 Å². The van der Waals surface area contributed by atoms with Crippen LogP contribution in [0.5, 0.6) is 0 Å². The molecule has 0 aromatic rings. The van der Waals surface area contributed by atoms with Crippen LogP contribution in [0.2, 0.25) is 0 Å². The zero-order valence-electron chi connectivity index (χ0n) is 9.95. The minimum atomic E-state index is -1.02. The van der Waals surface area contributed by atoms with Crippen LogP contribution in [0, 0.1) is 0 Å². The standard InChI is InChI=1S/C11H18O5/c1-11(2,3)16-10(13)15-9(12)14-8-6-4-5-7-8/h8H,4-7H2,1-3H3. The first-order valence-corrected chi connectivity index (χ1v) is 5.48. The highest BCUT2D eigenvalue weighted by atomic mass is 16.8. The second-order valence-corrected chi connectivity index (χ2v) is 4.84. The Bertz CT molecular complexity index is 260. The van der Waals surface area contributed by atoms with Gasteiger partial charge in [0.1, 0.15) is 11.7 Å². The molecule has 16 heavy (non-hydrogen) atoms. The number of rotatable bonds is 1. The van der Waals surface area contributed by atoms with Crippen LogP contribution in [0.15, 0.2) is 0 Å². The summed E-state index contributed by atoms with van der Waals surface area (Å²) in [6.45, 7) is 5.07. The Morgan fingerprint density at radius 2 is 1.62 bits per heavy atom. The van der Waals surface area contributed by atoms with E-state index in [0.717, 1.165) is 25.7 Å². The molecule has 5 heteroatoms. The summed E-state index contributed by atoms with van der Waals surface area (Å²) in [5.41, 5.74) is -0.676. The van der Waals surface area contributed by atoms with E-state index in [1.54, 1.807) is 20.8 Å². The van der Waals surface area contributed by atoms with Gasteiger partial charge in [-0.05, 0) is 46.5 Å². The minimum absolute atomic E-state index is 0.116. The van der Waals surface area contributed by atoms with Crippen molar-refractivity contribution in [1.82, 2.24) is 0 Å². The second kappa shape index (κ2) is 5.18. The summed E-state index contributed by atoms with van der Waals surface area (Å²) in [4.78, 5) is 22.2. The lowest BCUT2D eigenvalue weighted by molar-refractivity contribution is -0.0158. The Kier molecular flexibility index (Phi) is 4.15. The molecule has 5 nitrogen and oxygen atoms in total. The third-order valence-electron chi connectivity index (χ3n) is 2.12. The van der Waals surface area contributed by atoms with Crippen LogP contribution >= 0.6 is 0 Å². The van der Waals surface area contributed by atoms with Gasteiger partial charge in [0.25, 0.3) is 0 Å². The fourth-order valence-electron chi connectivity index (χ4n) is 1.51. The van der Waals surface area contributed by atoms with Crippen molar-refractivity contribution in [2.45, 2.75) is 58.2 Å². The molecule has 1 saturated carbocycles. The number of hydrogen-bond donors (Lipinski definition) is 0. The first-order chi connectivity index (χ1) is 7.37. The van der Waals surface area contributed by atoms with E-state index in [-0.39, 0.29) is 6.10 Å². The summed E-state index contributed by atoms with van der Waals surface area (Å²) in [6, 6.07) is 0. The predicted molar refractivity (Wildman–Crippen MR) is 56.1 cm³/mol. The van der Waals surface area contributed by atoms with Gasteiger partial charge in [-0.25, -0.2) is 9.59 Å². The van der Waals surface area contributed by atoms with Gasteiger partial charge in [-0.2, -0.15) is 0 Å². The highest BCUT2D eigenvalue weighted by Crippen LogP contribution is 2.21. The quantitative estimate of drug-likeness (QED) is 0.511. The molecule has 0 bridgehead atoms. The van der Waals surface area contributed by atoms with Gasteiger partial charge < -0.3 is 14.2 Å². The average Bonchev–Trinajstić information content (AvgIpc) is 2.51. The van der Waals surface area contributed by atoms with Crippen LogP contribution in [-0.2, 0) is 14.2 Å². The normalized spacial score (nSPS) is 16.9. The van der Waals surface area contributed by atoms with E-state index < -0.39 is 17.9 Å². The van der Waals surface area contributed by atoms with Gasteiger partial charge >= 0.3 is 12.3 Å². The van der Waals surface area contributed by atoms with Crippen molar-refractivity contribution >= 4 is 12.3 Å². The van der Waals surface area contributed by atoms with E-state index in [1.165, 1.54) is 0 Å². The van der Waals surface area contributed by atoms with Crippen LogP contribution < -0.4 is 0 Å². The molecule has 1 rings (SSSR count). The van der Waals surface area contributed by atoms with E-state index in [2.05, 4.69) is 4.74 Å². The zero-order chi connectivity index (χ0) is 12.2. The van der Waals surface area contributed by atoms with Crippen LogP contribution in [-0.4, -0.2) is 24.0 Å². The molecule has 0 aromatic carbocycles. The Morgan fingerprint density at radius 1 is 1.06 bits per heavy atom. The molecule has 0 amide bonds. The van der Waals surface area contributed by atoms with Crippen molar-refractivity contribution < 1.29 is 23.8 Å². The summed E-state index contributed by atoms with van der Waals surface area (Å²) >= 11 is 0. The summed E-state index contributed by atoms with van der Waals surface area (Å²) in [6.07, 6.45) is 1.66. The van der Waals surface area contributed by atoms with Gasteiger partial charge in [-0.3, -0.25) is 0 Å². The molecule has 1 fully saturated rings. The third kappa shape index (κ3) is 5.00. The van der Waals surface area contributed by atoms with E-state index in [9.17, 15) is 9.59 Å². The number of carbonyl (C=O) groups is 2. The predicted octanol–water partition coefficient (Wildman–Crippen LogP) is 3.02. The van der Waals surface area contributed by atoms with Crippen LogP contribution in [0.3, 0.4) is 0 Å². The molecular weight excluding hydrogens is 212 g/mol. The molecule has 1 aliphatic carbocycles. The second-order valence-electron chi connectivity index (χ2n) is 4.84. The summed E-state index contributed by atoms with van der Waals surface area (Å²) in [5, 5.41) is 0. The lowest BCUT2D eigenvalue weighted by Gasteiger charge is -2.18. The molecule has 0 heterocycles. The maximum atomic E-state index is 11.2. The zero-order valence-corrected chi connectivity index (χ0v) is 9.95. The van der Waals surface area contributed by atoms with Crippen molar-refractivity contribution in [3.05, 3.63) is 0 Å². The number of ether oxygens (including phenoxy) is 3. The molecular formula is C11H18O5. The Hall–Kier alpha value is -1.26. The first kappa shape index (κ1) is 12.8. The summed E-state index contributed by atoms with van der Waals surface area (Å²) in [7, 11) is 0. The smallest absolute Gasteiger partial charge is 0.431 e. The van der Waals surface area contributed by atoms with Crippen molar-refractivity contribution in [3.63, 3.8) is 0 Å². The topological polar surface area (TPSA) is 61.8 Å². The summed E-state index contributed by atoms with van der Waals surface area (Å²) < 4.78 is 14.1. The van der Waals surface area contributed by atoms with Crippen molar-refractivity contribution in [2.24, 2.45) is 0 Å². The van der Waals surface area contributed by atoms with Gasteiger partial charge in [0.15, 0.2) is 0 Å². The molecule has 0 atom stereocenters. The maximum Gasteiger partial charge on any atom is 0.519 e. The number of hydrogen-bond acceptors (Lipinski definition) is 5. The third-order valence-corrected chi connectivity index (χ3v) is 2.12. The Morgan fingerprint density at radius 3 is 2.12 bits per heavy atom. The monoisotopic (exact) mass is 230 g/mol. The van der Waals surface area contributed by atoms with Gasteiger partial charge in [-0.1, -0.05) is 0 Å². The molecule has 0 unspecified atom stereocenters. The number of carbonyl (C=O) groups excluding carboxylic acids is 2. The van der Waals surface area contributed by atoms with Crippen LogP contribution in [0.25, 0.3) is 0 Å². The average molecular weight is 230 g/mol. The van der Waals surface area contributed by atoms with Crippen molar-refractivity contribution in [2.75, 3.05) is 0 Å². The molecule has 0 spiro atoms. The highest BCUT2D eigenvalue weighted by molar-refractivity contribution is 5.77. The molecule has 1 aliphatic rings. The van der Waals surface area contributed by atoms with E-state index >= 15 is 0 Å². The fraction of sp³-hybridized carbons (Fsp3) is 0.818. The van der Waals surface area contributed by atoms with Crippen LogP contribution in [0.1, 0.15) is 46.5 Å². The molecule has 0 aliphatic heterocycles. The summed E-state index contributed by atoms with van der Waals surface area (Å²) in [5.74, 6) is 0. The van der Waals surface area contributed by atoms with E-state index in [0.29, 0.717) is 0 Å². The highest BCUT2D eigenvalue weighted by Gasteiger charge is 2.24. The SMILES string of the molecule is CC(C)(C)OC(=O)OC(=O)OC1CCCC1. The lowest BCUT2D eigenvalue weighted by Crippen LogP contribution is -2.27. The van der Waals surface area contributed by atoms with E-state index in [1.807, 2.05) is 0 Å². The van der Waals surface area contributed by atoms with Gasteiger partial charge in [0.05, 0.1) is 0 Å². The first-order valence-electron chi connectivity index (χ1n) is 5.48. The van der Waals surface area contributed by atoms with Crippen molar-refractivity contribution in [1.29, 1.82) is 0 Å². The van der Waals surface area contributed by atoms with E-state index in [4.69, 9.17) is 9.47 Å². The molecule has 0 N–H and O–H groups in total. The molecule has 0 aromatic heterocycles. The molecule has 92 valence electrons. The fourth-order valence-corrected chi connectivity index (χ4v) is 1.51. The minimum Gasteiger partial charge on any atom is -0.431 e. The largest absolute Gasteiger partial charge is 0.519 e. The molecule has 0 radical (unpaired) electrons. The van der Waals surface area contributed by atoms with Gasteiger partial charge in [0, 0.05) is 0 Å². The maximum absolute atomic E-state index is 11.2. The Balaban J connectivity index is 2.25. The Labute approximate surface area is 95.0 Å².